The van der Waals surface area contributed by atoms with E-state index in [2.05, 4.69) is 0 Å². The summed E-state index contributed by atoms with van der Waals surface area (Å²) in [7, 11) is -0.370. The molecule has 0 fully saturated rings. The van der Waals surface area contributed by atoms with E-state index in [1.165, 1.54) is 0 Å². The van der Waals surface area contributed by atoms with Crippen molar-refractivity contribution in [1.82, 2.24) is 0 Å². The summed E-state index contributed by atoms with van der Waals surface area (Å²) < 4.78 is 34.5. The fourth-order valence-electron chi connectivity index (χ4n) is 0.592. The molecular weight excluding hydrogens is 157 g/mol. The van der Waals surface area contributed by atoms with Crippen LogP contribution in [0.2, 0.25) is 0 Å². The smallest absolute Gasteiger partial charge is 0.192 e. The van der Waals surface area contributed by atoms with Gasteiger partial charge in [-0.2, -0.15) is 0 Å². The summed E-state index contributed by atoms with van der Waals surface area (Å²) in [5, 5.41) is 0.109. The highest BCUT2D eigenvalue weighted by atomic mass is 31.1. The van der Waals surface area contributed by atoms with E-state index in [-0.39, 0.29) is 13.8 Å². The van der Waals surface area contributed by atoms with Gasteiger partial charge >= 0.3 is 0 Å². The summed E-state index contributed by atoms with van der Waals surface area (Å²) in [6.45, 7) is 0. The van der Waals surface area contributed by atoms with Crippen molar-refractivity contribution in [2.45, 2.75) is 0 Å². The minimum atomic E-state index is -0.710. The Balaban J connectivity index is 3.18. The van der Waals surface area contributed by atoms with Crippen molar-refractivity contribution in [3.8, 4) is 0 Å². The van der Waals surface area contributed by atoms with E-state index < -0.39 is 11.6 Å². The molecule has 0 unspecified atom stereocenters. The van der Waals surface area contributed by atoms with Crippen LogP contribution >= 0.6 is 8.46 Å². The van der Waals surface area contributed by atoms with Crippen LogP contribution in [0.1, 0.15) is 0 Å². The van der Waals surface area contributed by atoms with Gasteiger partial charge in [0.1, 0.15) is 11.6 Å². The first-order chi connectivity index (χ1) is 4.72. The zero-order valence-corrected chi connectivity index (χ0v) is 5.74. The van der Waals surface area contributed by atoms with Gasteiger partial charge in [0.05, 0.1) is 0 Å². The minimum Gasteiger partial charge on any atom is -0.269 e. The quantitative estimate of drug-likeness (QED) is 0.573. The molecular formula is C6H3F2OP. The molecule has 1 nitrogen and oxygen atoms in total. The van der Waals surface area contributed by atoms with Crippen molar-refractivity contribution in [2.24, 2.45) is 0 Å². The third-order valence-electron chi connectivity index (χ3n) is 0.953. The van der Waals surface area contributed by atoms with E-state index in [1.54, 1.807) is 0 Å². The molecule has 4 heteroatoms. The molecule has 0 saturated carbocycles. The van der Waals surface area contributed by atoms with Gasteiger partial charge in [0.15, 0.2) is 8.46 Å². The van der Waals surface area contributed by atoms with Crippen LogP contribution in [0.3, 0.4) is 0 Å². The van der Waals surface area contributed by atoms with E-state index in [0.717, 1.165) is 18.2 Å². The fraction of sp³-hybridized carbons (Fsp3) is 0. The number of benzene rings is 1. The average molecular weight is 160 g/mol. The van der Waals surface area contributed by atoms with E-state index in [0.29, 0.717) is 0 Å². The molecule has 0 aliphatic heterocycles. The average Bonchev–Trinajstić information content (AvgIpc) is 1.85. The fourth-order valence-corrected chi connectivity index (χ4v) is 0.944. The van der Waals surface area contributed by atoms with Crippen molar-refractivity contribution in [3.05, 3.63) is 29.8 Å². The van der Waals surface area contributed by atoms with E-state index in [1.807, 2.05) is 0 Å². The Kier molecular flexibility index (Phi) is 2.07. The van der Waals surface area contributed by atoms with E-state index in [4.69, 9.17) is 0 Å². The zero-order valence-electron chi connectivity index (χ0n) is 4.84. The van der Waals surface area contributed by atoms with Crippen LogP contribution in [0.4, 0.5) is 8.78 Å². The number of hydrogen-bond donors (Lipinski definition) is 0. The highest BCUT2D eigenvalue weighted by Gasteiger charge is 1.98. The van der Waals surface area contributed by atoms with Crippen LogP contribution in [-0.4, -0.2) is 0 Å². The van der Waals surface area contributed by atoms with Crippen LogP contribution in [0.25, 0.3) is 0 Å². The number of rotatable bonds is 1. The topological polar surface area (TPSA) is 17.1 Å². The highest BCUT2D eigenvalue weighted by molar-refractivity contribution is 7.34. The lowest BCUT2D eigenvalue weighted by Gasteiger charge is -1.89. The molecule has 0 saturated heterocycles. The molecule has 0 heterocycles. The summed E-state index contributed by atoms with van der Waals surface area (Å²) in [6, 6.07) is 2.75. The van der Waals surface area contributed by atoms with E-state index in [9.17, 15) is 13.3 Å². The normalized spacial score (nSPS) is 10.2. The van der Waals surface area contributed by atoms with Gasteiger partial charge < -0.3 is 0 Å². The zero-order chi connectivity index (χ0) is 7.56. The van der Waals surface area contributed by atoms with Gasteiger partial charge in [-0.25, -0.2) is 8.78 Å². The minimum absolute atomic E-state index is 0.109. The maximum Gasteiger partial charge on any atom is 0.192 e. The maximum atomic E-state index is 12.2. The molecule has 0 aromatic heterocycles. The summed E-state index contributed by atoms with van der Waals surface area (Å²) >= 11 is 0. The molecule has 0 aliphatic carbocycles. The molecule has 10 heavy (non-hydrogen) atoms. The van der Waals surface area contributed by atoms with Crippen LogP contribution in [0.15, 0.2) is 18.2 Å². The summed E-state index contributed by atoms with van der Waals surface area (Å²) in [4.78, 5) is 0. The third kappa shape index (κ3) is 1.58. The Labute approximate surface area is 57.9 Å². The molecule has 1 aromatic carbocycles. The molecule has 0 bridgehead atoms. The van der Waals surface area contributed by atoms with Crippen LogP contribution < -0.4 is 5.30 Å². The second-order valence-corrected chi connectivity index (χ2v) is 2.42. The van der Waals surface area contributed by atoms with Gasteiger partial charge in [0, 0.05) is 11.4 Å². The molecule has 0 atom stereocenters. The van der Waals surface area contributed by atoms with Crippen molar-refractivity contribution in [3.63, 3.8) is 0 Å². The number of halogens is 2. The summed E-state index contributed by atoms with van der Waals surface area (Å²) in [5.41, 5.74) is 0. The molecule has 1 rings (SSSR count). The molecule has 1 aromatic rings. The lowest BCUT2D eigenvalue weighted by atomic mass is 10.3. The first kappa shape index (κ1) is 7.29. The molecule has 0 aliphatic rings. The largest absolute Gasteiger partial charge is 0.269 e. The van der Waals surface area contributed by atoms with Gasteiger partial charge in [0.25, 0.3) is 0 Å². The highest BCUT2D eigenvalue weighted by Crippen LogP contribution is 2.03. The number of hydrogen-bond acceptors (Lipinski definition) is 1. The third-order valence-corrected chi connectivity index (χ3v) is 1.42. The second kappa shape index (κ2) is 2.84. The van der Waals surface area contributed by atoms with Crippen molar-refractivity contribution < 1.29 is 13.3 Å². The predicted molar refractivity (Wildman–Crippen MR) is 33.6 cm³/mol. The van der Waals surface area contributed by atoms with E-state index >= 15 is 0 Å². The molecule has 0 amide bonds. The Morgan fingerprint density at radius 1 is 1.10 bits per heavy atom. The Bertz CT molecular complexity index is 242. The maximum absolute atomic E-state index is 12.2. The van der Waals surface area contributed by atoms with Crippen LogP contribution in [0.5, 0.6) is 0 Å². The van der Waals surface area contributed by atoms with Gasteiger partial charge in [-0.15, -0.1) is 0 Å². The second-order valence-electron chi connectivity index (χ2n) is 1.72. The Morgan fingerprint density at radius 3 is 2.00 bits per heavy atom. The standard InChI is InChI=1S/C6H3F2OP/c7-4-1-5(8)3-6(2-4)10-9/h1-3H. The van der Waals surface area contributed by atoms with Gasteiger partial charge in [-0.3, -0.25) is 4.57 Å². The van der Waals surface area contributed by atoms with Crippen molar-refractivity contribution >= 4 is 13.8 Å². The van der Waals surface area contributed by atoms with Gasteiger partial charge in [-0.05, 0) is 12.1 Å². The molecule has 0 spiro atoms. The van der Waals surface area contributed by atoms with Crippen LogP contribution in [0, 0.1) is 11.6 Å². The first-order valence-electron chi connectivity index (χ1n) is 2.52. The first-order valence-corrected chi connectivity index (χ1v) is 3.33. The molecule has 0 radical (unpaired) electrons. The monoisotopic (exact) mass is 160 g/mol. The molecule has 0 N–H and O–H groups in total. The van der Waals surface area contributed by atoms with Gasteiger partial charge in [-0.1, -0.05) is 0 Å². The van der Waals surface area contributed by atoms with Crippen LogP contribution in [-0.2, 0) is 4.57 Å². The van der Waals surface area contributed by atoms with Crippen molar-refractivity contribution in [1.29, 1.82) is 0 Å². The Hall–Kier alpha value is -0.820. The SMILES string of the molecule is O=Pc1cc(F)cc(F)c1. The van der Waals surface area contributed by atoms with Gasteiger partial charge in [0.2, 0.25) is 0 Å². The summed E-state index contributed by atoms with van der Waals surface area (Å²) in [5.74, 6) is -1.42. The lowest BCUT2D eigenvalue weighted by molar-refractivity contribution is 0.583. The lowest BCUT2D eigenvalue weighted by Crippen LogP contribution is -1.94. The molecule has 52 valence electrons. The predicted octanol–water partition coefficient (Wildman–Crippen LogP) is 1.88. The summed E-state index contributed by atoms with van der Waals surface area (Å²) in [6.07, 6.45) is 0. The Morgan fingerprint density at radius 2 is 1.60 bits per heavy atom. The van der Waals surface area contributed by atoms with Crippen molar-refractivity contribution in [2.75, 3.05) is 0 Å².